The Labute approximate surface area is 102 Å². The molecule has 0 amide bonds. The summed E-state index contributed by atoms with van der Waals surface area (Å²) in [4.78, 5) is 0. The van der Waals surface area contributed by atoms with Gasteiger partial charge in [-0.3, -0.25) is 0 Å². The van der Waals surface area contributed by atoms with Crippen LogP contribution in [-0.2, 0) is 9.47 Å². The van der Waals surface area contributed by atoms with Crippen LogP contribution in [0.3, 0.4) is 0 Å². The number of rotatable bonds is 8. The maximum absolute atomic E-state index is 9.65. The molecule has 0 aromatic rings. The Hall–Kier alpha value is 0.190. The summed E-state index contributed by atoms with van der Waals surface area (Å²) in [6.07, 6.45) is 2.01. The first-order valence-electron chi connectivity index (χ1n) is 5.89. The number of hydrogen-bond donors (Lipinski definition) is 2. The van der Waals surface area contributed by atoms with E-state index in [1.165, 1.54) is 24.3 Å². The molecule has 0 bridgehead atoms. The monoisotopic (exact) mass is 249 g/mol. The van der Waals surface area contributed by atoms with Crippen LogP contribution < -0.4 is 5.32 Å². The van der Waals surface area contributed by atoms with E-state index in [0.717, 1.165) is 0 Å². The quantitative estimate of drug-likeness (QED) is 0.613. The first kappa shape index (κ1) is 14.3. The Bertz CT molecular complexity index is 165. The van der Waals surface area contributed by atoms with Crippen LogP contribution in [-0.4, -0.2) is 62.2 Å². The lowest BCUT2D eigenvalue weighted by Gasteiger charge is -2.24. The zero-order valence-corrected chi connectivity index (χ0v) is 10.8. The molecule has 0 aromatic heterocycles. The first-order chi connectivity index (χ1) is 7.83. The molecule has 1 fully saturated rings. The van der Waals surface area contributed by atoms with Crippen molar-refractivity contribution in [2.24, 2.45) is 0 Å². The second-order valence-electron chi connectivity index (χ2n) is 4.02. The minimum absolute atomic E-state index is 0.387. The molecule has 0 aliphatic carbocycles. The topological polar surface area (TPSA) is 50.7 Å². The lowest BCUT2D eigenvalue weighted by molar-refractivity contribution is 0.0128. The fraction of sp³-hybridized carbons (Fsp3) is 1.00. The van der Waals surface area contributed by atoms with E-state index in [1.807, 2.05) is 11.8 Å². The minimum atomic E-state index is -0.411. The molecule has 0 aromatic carbocycles. The van der Waals surface area contributed by atoms with E-state index in [0.29, 0.717) is 32.4 Å². The molecule has 1 aliphatic heterocycles. The van der Waals surface area contributed by atoms with Gasteiger partial charge in [0, 0.05) is 19.7 Å². The van der Waals surface area contributed by atoms with Gasteiger partial charge in [0.25, 0.3) is 0 Å². The summed E-state index contributed by atoms with van der Waals surface area (Å²) in [6.45, 7) is 2.15. The van der Waals surface area contributed by atoms with Crippen molar-refractivity contribution in [3.63, 3.8) is 0 Å². The van der Waals surface area contributed by atoms with Gasteiger partial charge in [-0.2, -0.15) is 11.8 Å². The third-order valence-corrected chi connectivity index (χ3v) is 3.65. The highest BCUT2D eigenvalue weighted by Gasteiger charge is 2.14. The van der Waals surface area contributed by atoms with Crippen LogP contribution in [0.2, 0.25) is 0 Å². The average molecular weight is 249 g/mol. The lowest BCUT2D eigenvalue weighted by atomic mass is 10.1. The zero-order chi connectivity index (χ0) is 11.6. The number of aliphatic hydroxyl groups is 1. The summed E-state index contributed by atoms with van der Waals surface area (Å²) in [5.74, 6) is 2.47. The molecule has 1 aliphatic rings. The molecule has 1 unspecified atom stereocenters. The fourth-order valence-electron chi connectivity index (χ4n) is 1.62. The van der Waals surface area contributed by atoms with E-state index in [1.54, 1.807) is 7.11 Å². The Morgan fingerprint density at radius 2 is 2.12 bits per heavy atom. The molecular weight excluding hydrogens is 226 g/mol. The van der Waals surface area contributed by atoms with Crippen molar-refractivity contribution >= 4 is 11.8 Å². The second kappa shape index (κ2) is 9.24. The van der Waals surface area contributed by atoms with Gasteiger partial charge in [-0.15, -0.1) is 0 Å². The van der Waals surface area contributed by atoms with Gasteiger partial charge >= 0.3 is 0 Å². The molecule has 0 spiro atoms. The summed E-state index contributed by atoms with van der Waals surface area (Å²) in [6, 6.07) is 0.579. The summed E-state index contributed by atoms with van der Waals surface area (Å²) in [5.41, 5.74) is 0. The maximum atomic E-state index is 9.65. The van der Waals surface area contributed by atoms with E-state index < -0.39 is 6.10 Å². The van der Waals surface area contributed by atoms with Crippen LogP contribution in [0.1, 0.15) is 12.8 Å². The number of ether oxygens (including phenoxy) is 2. The number of aliphatic hydroxyl groups excluding tert-OH is 1. The van der Waals surface area contributed by atoms with E-state index in [9.17, 15) is 5.11 Å². The number of hydrogen-bond acceptors (Lipinski definition) is 5. The second-order valence-corrected chi connectivity index (χ2v) is 5.24. The van der Waals surface area contributed by atoms with Gasteiger partial charge in [-0.05, 0) is 24.3 Å². The zero-order valence-electron chi connectivity index (χ0n) is 9.98. The molecule has 4 nitrogen and oxygen atoms in total. The fourth-order valence-corrected chi connectivity index (χ4v) is 2.73. The molecule has 2 N–H and O–H groups in total. The molecule has 96 valence electrons. The van der Waals surface area contributed by atoms with Gasteiger partial charge in [-0.1, -0.05) is 0 Å². The highest BCUT2D eigenvalue weighted by Crippen LogP contribution is 2.16. The molecule has 0 radical (unpaired) electrons. The Balaban J connectivity index is 1.94. The predicted octanol–water partition coefficient (Wildman–Crippen LogP) is 0.496. The first-order valence-corrected chi connectivity index (χ1v) is 7.04. The largest absolute Gasteiger partial charge is 0.389 e. The number of thioether (sulfide) groups is 1. The number of methoxy groups -OCH3 is 1. The molecule has 1 heterocycles. The Morgan fingerprint density at radius 1 is 1.38 bits per heavy atom. The van der Waals surface area contributed by atoms with Crippen molar-refractivity contribution in [2.45, 2.75) is 25.0 Å². The smallest absolute Gasteiger partial charge is 0.0897 e. The van der Waals surface area contributed by atoms with E-state index in [2.05, 4.69) is 5.32 Å². The van der Waals surface area contributed by atoms with Crippen LogP contribution in [0.15, 0.2) is 0 Å². The van der Waals surface area contributed by atoms with Gasteiger partial charge in [0.05, 0.1) is 25.9 Å². The van der Waals surface area contributed by atoms with E-state index >= 15 is 0 Å². The molecular formula is C11H23NO3S. The Morgan fingerprint density at radius 3 is 2.81 bits per heavy atom. The van der Waals surface area contributed by atoms with Gasteiger partial charge < -0.3 is 19.9 Å². The minimum Gasteiger partial charge on any atom is -0.389 e. The van der Waals surface area contributed by atoms with Gasteiger partial charge in [-0.25, -0.2) is 0 Å². The van der Waals surface area contributed by atoms with Crippen molar-refractivity contribution in [3.8, 4) is 0 Å². The average Bonchev–Trinajstić information content (AvgIpc) is 2.33. The Kier molecular flexibility index (Phi) is 8.23. The summed E-state index contributed by atoms with van der Waals surface area (Å²) in [5, 5.41) is 13.0. The molecule has 5 heteroatoms. The van der Waals surface area contributed by atoms with Gasteiger partial charge in [0.1, 0.15) is 0 Å². The standard InChI is InChI=1S/C11H23NO3S/c1-14-4-5-15-9-11(13)8-12-10-2-6-16-7-3-10/h10-13H,2-9H2,1H3. The molecule has 0 saturated carbocycles. The molecule has 1 rings (SSSR count). The van der Waals surface area contributed by atoms with Gasteiger partial charge in [0.15, 0.2) is 0 Å². The normalized spacial score (nSPS) is 19.9. The highest BCUT2D eigenvalue weighted by molar-refractivity contribution is 7.99. The maximum Gasteiger partial charge on any atom is 0.0897 e. The SMILES string of the molecule is COCCOCC(O)CNC1CCSCC1. The number of nitrogens with one attached hydrogen (secondary N) is 1. The summed E-state index contributed by atoms with van der Waals surface area (Å²) in [7, 11) is 1.64. The van der Waals surface area contributed by atoms with Crippen molar-refractivity contribution < 1.29 is 14.6 Å². The molecule has 1 saturated heterocycles. The third-order valence-electron chi connectivity index (χ3n) is 2.61. The van der Waals surface area contributed by atoms with Crippen LogP contribution in [0, 0.1) is 0 Å². The molecule has 16 heavy (non-hydrogen) atoms. The van der Waals surface area contributed by atoms with Crippen LogP contribution >= 0.6 is 11.8 Å². The van der Waals surface area contributed by atoms with Gasteiger partial charge in [0.2, 0.25) is 0 Å². The summed E-state index contributed by atoms with van der Waals surface area (Å²) < 4.78 is 10.1. The van der Waals surface area contributed by atoms with Crippen molar-refractivity contribution in [3.05, 3.63) is 0 Å². The summed E-state index contributed by atoms with van der Waals surface area (Å²) >= 11 is 2.01. The van der Waals surface area contributed by atoms with Crippen molar-refractivity contribution in [1.82, 2.24) is 5.32 Å². The van der Waals surface area contributed by atoms with Crippen LogP contribution in [0.4, 0.5) is 0 Å². The predicted molar refractivity (Wildman–Crippen MR) is 67.1 cm³/mol. The van der Waals surface area contributed by atoms with Crippen LogP contribution in [0.5, 0.6) is 0 Å². The van der Waals surface area contributed by atoms with E-state index in [4.69, 9.17) is 9.47 Å². The highest BCUT2D eigenvalue weighted by atomic mass is 32.2. The lowest BCUT2D eigenvalue weighted by Crippen LogP contribution is -2.39. The van der Waals surface area contributed by atoms with Crippen molar-refractivity contribution in [2.75, 3.05) is 45.0 Å². The van der Waals surface area contributed by atoms with E-state index in [-0.39, 0.29) is 0 Å². The molecule has 1 atom stereocenters. The van der Waals surface area contributed by atoms with Crippen molar-refractivity contribution in [1.29, 1.82) is 0 Å². The third kappa shape index (κ3) is 6.70. The van der Waals surface area contributed by atoms with Crippen LogP contribution in [0.25, 0.3) is 0 Å².